The van der Waals surface area contributed by atoms with Crippen LogP contribution in [0.4, 0.5) is 5.69 Å². The van der Waals surface area contributed by atoms with Crippen molar-refractivity contribution in [1.82, 2.24) is 5.32 Å². The van der Waals surface area contributed by atoms with E-state index >= 15 is 0 Å². The van der Waals surface area contributed by atoms with E-state index in [1.54, 1.807) is 6.07 Å². The number of hydrogen-bond acceptors (Lipinski definition) is 2. The zero-order chi connectivity index (χ0) is 21.8. The Labute approximate surface area is 194 Å². The second-order valence-electron chi connectivity index (χ2n) is 8.18. The molecule has 156 valence electrons. The Kier molecular flexibility index (Phi) is 4.91. The third-order valence-electron chi connectivity index (χ3n) is 6.50. The maximum Gasteiger partial charge on any atom is 0.238 e. The average Bonchev–Trinajstić information content (AvgIpc) is 3.01. The third kappa shape index (κ3) is 3.10. The summed E-state index contributed by atoms with van der Waals surface area (Å²) >= 11 is 9.83. The second kappa shape index (κ2) is 7.50. The zero-order valence-electron chi connectivity index (χ0n) is 16.8. The minimum Gasteiger partial charge on any atom is -0.348 e. The molecular formula is C25H20BrClN2O2. The average molecular weight is 496 g/mol. The lowest BCUT2D eigenvalue weighted by Crippen LogP contribution is -2.57. The van der Waals surface area contributed by atoms with Gasteiger partial charge in [-0.05, 0) is 53.4 Å². The molecule has 1 saturated heterocycles. The molecule has 2 N–H and O–H groups in total. The molecule has 2 aliphatic rings. The fourth-order valence-electron chi connectivity index (χ4n) is 5.18. The second-order valence-corrected chi connectivity index (χ2v) is 9.53. The molecule has 5 rings (SSSR count). The maximum atomic E-state index is 13.9. The van der Waals surface area contributed by atoms with Gasteiger partial charge in [0.15, 0.2) is 0 Å². The van der Waals surface area contributed by atoms with Crippen LogP contribution in [0.3, 0.4) is 0 Å². The van der Waals surface area contributed by atoms with Crippen LogP contribution in [0.15, 0.2) is 71.2 Å². The van der Waals surface area contributed by atoms with Crippen molar-refractivity contribution in [2.45, 2.75) is 30.7 Å². The van der Waals surface area contributed by atoms with Crippen LogP contribution >= 0.6 is 27.5 Å². The summed E-state index contributed by atoms with van der Waals surface area (Å²) in [6.45, 7) is 2.01. The number of carbonyl (C=O) groups excluding carboxylic acids is 2. The van der Waals surface area contributed by atoms with Gasteiger partial charge in [0.2, 0.25) is 11.8 Å². The van der Waals surface area contributed by atoms with E-state index in [1.165, 1.54) is 0 Å². The first-order valence-electron chi connectivity index (χ1n) is 10.1. The van der Waals surface area contributed by atoms with Crippen LogP contribution in [-0.2, 0) is 15.0 Å². The monoisotopic (exact) mass is 494 g/mol. The molecule has 3 unspecified atom stereocenters. The SMILES string of the molecule is Cc1ccccc1C1NC(=O)CC(c2cccc(Cl)c2)C12C(=O)Nc1cc(Br)ccc12. The van der Waals surface area contributed by atoms with Crippen LogP contribution in [0.2, 0.25) is 5.02 Å². The van der Waals surface area contributed by atoms with E-state index in [1.807, 2.05) is 67.6 Å². The summed E-state index contributed by atoms with van der Waals surface area (Å²) in [6.07, 6.45) is 0.200. The lowest BCUT2D eigenvalue weighted by atomic mass is 9.59. The van der Waals surface area contributed by atoms with Gasteiger partial charge in [-0.2, -0.15) is 0 Å². The van der Waals surface area contributed by atoms with E-state index in [0.717, 1.165) is 32.4 Å². The van der Waals surface area contributed by atoms with Gasteiger partial charge < -0.3 is 10.6 Å². The molecule has 0 aliphatic carbocycles. The number of rotatable bonds is 2. The molecule has 1 fully saturated rings. The molecule has 4 nitrogen and oxygen atoms in total. The number of halogens is 2. The highest BCUT2D eigenvalue weighted by Crippen LogP contribution is 2.57. The lowest BCUT2D eigenvalue weighted by molar-refractivity contribution is -0.131. The first-order chi connectivity index (χ1) is 14.9. The van der Waals surface area contributed by atoms with Gasteiger partial charge in [-0.1, -0.05) is 70.0 Å². The van der Waals surface area contributed by atoms with Crippen molar-refractivity contribution in [3.63, 3.8) is 0 Å². The Morgan fingerprint density at radius 1 is 1.03 bits per heavy atom. The lowest BCUT2D eigenvalue weighted by Gasteiger charge is -2.46. The molecule has 0 aromatic heterocycles. The first kappa shape index (κ1) is 20.3. The molecule has 3 aromatic rings. The van der Waals surface area contributed by atoms with Crippen LogP contribution in [-0.4, -0.2) is 11.8 Å². The molecular weight excluding hydrogens is 476 g/mol. The number of piperidine rings is 1. The summed E-state index contributed by atoms with van der Waals surface area (Å²) in [5, 5.41) is 6.84. The molecule has 6 heteroatoms. The molecule has 2 heterocycles. The number of benzene rings is 3. The van der Waals surface area contributed by atoms with Crippen LogP contribution < -0.4 is 10.6 Å². The number of nitrogens with one attached hydrogen (secondary N) is 2. The van der Waals surface area contributed by atoms with Crippen molar-refractivity contribution in [2.75, 3.05) is 5.32 Å². The van der Waals surface area contributed by atoms with Gasteiger partial charge in [0.25, 0.3) is 0 Å². The Morgan fingerprint density at radius 2 is 1.84 bits per heavy atom. The van der Waals surface area contributed by atoms with Gasteiger partial charge in [-0.3, -0.25) is 9.59 Å². The fourth-order valence-corrected chi connectivity index (χ4v) is 5.74. The standard InChI is InChI=1S/C25H20BrClN2O2/c1-14-5-2-3-8-18(14)23-25(19-10-9-16(26)12-21(19)28-24(25)31)20(13-22(30)29-23)15-6-4-7-17(27)11-15/h2-12,20,23H,13H2,1H3,(H,28,31)(H,29,30). The van der Waals surface area contributed by atoms with E-state index in [0.29, 0.717) is 5.02 Å². The Balaban J connectivity index is 1.83. The highest BCUT2D eigenvalue weighted by atomic mass is 79.9. The van der Waals surface area contributed by atoms with Crippen molar-refractivity contribution < 1.29 is 9.59 Å². The highest BCUT2D eigenvalue weighted by Gasteiger charge is 2.61. The van der Waals surface area contributed by atoms with Gasteiger partial charge in [-0.25, -0.2) is 0 Å². The van der Waals surface area contributed by atoms with Crippen LogP contribution in [0, 0.1) is 6.92 Å². The fraction of sp³-hybridized carbons (Fsp3) is 0.200. The van der Waals surface area contributed by atoms with E-state index in [2.05, 4.69) is 26.6 Å². The van der Waals surface area contributed by atoms with Gasteiger partial charge in [0, 0.05) is 27.5 Å². The van der Waals surface area contributed by atoms with Crippen molar-refractivity contribution in [2.24, 2.45) is 0 Å². The molecule has 0 bridgehead atoms. The number of aryl methyl sites for hydroxylation is 1. The van der Waals surface area contributed by atoms with Crippen molar-refractivity contribution in [1.29, 1.82) is 0 Å². The summed E-state index contributed by atoms with van der Waals surface area (Å²) < 4.78 is 0.884. The molecule has 3 aromatic carbocycles. The maximum absolute atomic E-state index is 13.9. The molecule has 0 saturated carbocycles. The normalized spacial score (nSPS) is 24.6. The van der Waals surface area contributed by atoms with Crippen LogP contribution in [0.25, 0.3) is 0 Å². The molecule has 2 aliphatic heterocycles. The summed E-state index contributed by atoms with van der Waals surface area (Å²) in [5.41, 5.74) is 3.50. The quantitative estimate of drug-likeness (QED) is 0.483. The smallest absolute Gasteiger partial charge is 0.238 e. The predicted molar refractivity (Wildman–Crippen MR) is 125 cm³/mol. The van der Waals surface area contributed by atoms with E-state index in [-0.39, 0.29) is 24.2 Å². The Bertz CT molecular complexity index is 1230. The minimum atomic E-state index is -0.999. The summed E-state index contributed by atoms with van der Waals surface area (Å²) in [4.78, 5) is 26.8. The van der Waals surface area contributed by atoms with E-state index in [9.17, 15) is 9.59 Å². The van der Waals surface area contributed by atoms with Crippen molar-refractivity contribution in [3.8, 4) is 0 Å². The largest absolute Gasteiger partial charge is 0.348 e. The van der Waals surface area contributed by atoms with Crippen molar-refractivity contribution in [3.05, 3.63) is 98.5 Å². The Hall–Kier alpha value is -2.63. The molecule has 1 spiro atoms. The topological polar surface area (TPSA) is 58.2 Å². The van der Waals surface area contributed by atoms with Gasteiger partial charge in [0.05, 0.1) is 6.04 Å². The van der Waals surface area contributed by atoms with Gasteiger partial charge in [0.1, 0.15) is 5.41 Å². The zero-order valence-corrected chi connectivity index (χ0v) is 19.1. The first-order valence-corrected chi connectivity index (χ1v) is 11.3. The third-order valence-corrected chi connectivity index (χ3v) is 7.23. The minimum absolute atomic E-state index is 0.0813. The molecule has 31 heavy (non-hydrogen) atoms. The van der Waals surface area contributed by atoms with E-state index < -0.39 is 11.5 Å². The van der Waals surface area contributed by atoms with Crippen LogP contribution in [0.1, 0.15) is 40.6 Å². The Morgan fingerprint density at radius 3 is 2.61 bits per heavy atom. The summed E-state index contributed by atoms with van der Waals surface area (Å²) in [7, 11) is 0. The summed E-state index contributed by atoms with van der Waals surface area (Å²) in [5.74, 6) is -0.562. The number of carbonyl (C=O) groups is 2. The van der Waals surface area contributed by atoms with Crippen molar-refractivity contribution >= 4 is 45.0 Å². The van der Waals surface area contributed by atoms with E-state index in [4.69, 9.17) is 11.6 Å². The molecule has 0 radical (unpaired) electrons. The molecule has 2 amide bonds. The predicted octanol–water partition coefficient (Wildman–Crippen LogP) is 5.65. The number of anilines is 1. The summed E-state index contributed by atoms with van der Waals surface area (Å²) in [6, 6.07) is 20.7. The van der Waals surface area contributed by atoms with Gasteiger partial charge >= 0.3 is 0 Å². The number of hydrogen-bond donors (Lipinski definition) is 2. The number of amides is 2. The number of fused-ring (bicyclic) bond motifs is 2. The highest BCUT2D eigenvalue weighted by molar-refractivity contribution is 9.10. The van der Waals surface area contributed by atoms with Crippen LogP contribution in [0.5, 0.6) is 0 Å². The molecule has 3 atom stereocenters. The van der Waals surface area contributed by atoms with Gasteiger partial charge in [-0.15, -0.1) is 0 Å².